The number of rotatable bonds is 4. The fourth-order valence-electron chi connectivity index (χ4n) is 1.51. The fraction of sp³-hybridized carbons (Fsp3) is 1.00. The Morgan fingerprint density at radius 2 is 2.08 bits per heavy atom. The van der Waals surface area contributed by atoms with Gasteiger partial charge in [-0.3, -0.25) is 4.90 Å². The van der Waals surface area contributed by atoms with Crippen LogP contribution in [0, 0.1) is 5.92 Å². The highest BCUT2D eigenvalue weighted by Gasteiger charge is 2.13. The van der Waals surface area contributed by atoms with E-state index >= 15 is 0 Å². The second kappa shape index (κ2) is 5.51. The molecule has 0 aromatic heterocycles. The van der Waals surface area contributed by atoms with Gasteiger partial charge in [-0.25, -0.2) is 0 Å². The van der Waals surface area contributed by atoms with Gasteiger partial charge in [-0.15, -0.1) is 0 Å². The molecular formula is C9H19NO2. The molecule has 1 aliphatic rings. The zero-order chi connectivity index (χ0) is 8.81. The van der Waals surface area contributed by atoms with Gasteiger partial charge < -0.3 is 9.84 Å². The molecule has 0 radical (unpaired) electrons. The van der Waals surface area contributed by atoms with Crippen LogP contribution in [-0.2, 0) is 4.74 Å². The maximum atomic E-state index is 8.77. The first-order chi connectivity index (χ1) is 5.83. The molecule has 1 aliphatic heterocycles. The Labute approximate surface area is 74.3 Å². The van der Waals surface area contributed by atoms with Crippen molar-refractivity contribution in [2.45, 2.75) is 19.3 Å². The number of nitrogens with zero attached hydrogens (tertiary/aromatic N) is 1. The minimum atomic E-state index is 0.170. The second-order valence-electron chi connectivity index (χ2n) is 3.57. The van der Waals surface area contributed by atoms with Crippen molar-refractivity contribution in [3.8, 4) is 0 Å². The summed E-state index contributed by atoms with van der Waals surface area (Å²) in [7, 11) is 1.94. The molecule has 0 aromatic rings. The van der Waals surface area contributed by atoms with Gasteiger partial charge in [0, 0.05) is 19.8 Å². The van der Waals surface area contributed by atoms with E-state index in [0.717, 1.165) is 25.7 Å². The van der Waals surface area contributed by atoms with Crippen LogP contribution in [0.4, 0.5) is 0 Å². The summed E-state index contributed by atoms with van der Waals surface area (Å²) >= 11 is 0. The van der Waals surface area contributed by atoms with Crippen molar-refractivity contribution in [2.75, 3.05) is 33.5 Å². The minimum Gasteiger partial charge on any atom is -0.381 e. The topological polar surface area (TPSA) is 32.7 Å². The predicted octanol–water partition coefficient (Wildman–Crippen LogP) is 0.685. The van der Waals surface area contributed by atoms with Gasteiger partial charge in [-0.2, -0.15) is 0 Å². The predicted molar refractivity (Wildman–Crippen MR) is 47.9 cm³/mol. The normalized spacial score (nSPS) is 20.2. The van der Waals surface area contributed by atoms with Crippen molar-refractivity contribution >= 4 is 0 Å². The van der Waals surface area contributed by atoms with Crippen molar-refractivity contribution in [2.24, 2.45) is 5.92 Å². The zero-order valence-electron chi connectivity index (χ0n) is 7.83. The lowest BCUT2D eigenvalue weighted by molar-refractivity contribution is 0.0558. The van der Waals surface area contributed by atoms with E-state index < -0.39 is 0 Å². The first-order valence-electron chi connectivity index (χ1n) is 4.70. The van der Waals surface area contributed by atoms with Gasteiger partial charge in [0.1, 0.15) is 0 Å². The van der Waals surface area contributed by atoms with Crippen LogP contribution in [-0.4, -0.2) is 43.5 Å². The van der Waals surface area contributed by atoms with E-state index in [4.69, 9.17) is 9.84 Å². The summed E-state index contributed by atoms with van der Waals surface area (Å²) < 4.78 is 5.27. The molecular weight excluding hydrogens is 154 g/mol. The maximum Gasteiger partial charge on any atom is 0.0954 e. The minimum absolute atomic E-state index is 0.170. The molecule has 1 fully saturated rings. The zero-order valence-corrected chi connectivity index (χ0v) is 7.83. The lowest BCUT2D eigenvalue weighted by atomic mass is 9.96. The Bertz CT molecular complexity index is 113. The quantitative estimate of drug-likeness (QED) is 0.635. The van der Waals surface area contributed by atoms with Crippen molar-refractivity contribution in [1.29, 1.82) is 0 Å². The lowest BCUT2D eigenvalue weighted by Crippen LogP contribution is -2.25. The van der Waals surface area contributed by atoms with Gasteiger partial charge in [0.05, 0.1) is 6.73 Å². The van der Waals surface area contributed by atoms with Crippen LogP contribution in [0.25, 0.3) is 0 Å². The summed E-state index contributed by atoms with van der Waals surface area (Å²) in [5.74, 6) is 0.813. The summed E-state index contributed by atoms with van der Waals surface area (Å²) in [4.78, 5) is 1.94. The van der Waals surface area contributed by atoms with Gasteiger partial charge in [-0.05, 0) is 32.2 Å². The molecule has 0 saturated carbocycles. The second-order valence-corrected chi connectivity index (χ2v) is 3.57. The summed E-state index contributed by atoms with van der Waals surface area (Å²) in [5.41, 5.74) is 0. The SMILES string of the molecule is CN(CO)CCC1CCOCC1. The summed E-state index contributed by atoms with van der Waals surface area (Å²) in [6, 6.07) is 0. The van der Waals surface area contributed by atoms with Crippen LogP contribution in [0.5, 0.6) is 0 Å². The van der Waals surface area contributed by atoms with Crippen LogP contribution in [0.15, 0.2) is 0 Å². The van der Waals surface area contributed by atoms with Gasteiger partial charge in [0.2, 0.25) is 0 Å². The largest absolute Gasteiger partial charge is 0.381 e. The van der Waals surface area contributed by atoms with E-state index in [2.05, 4.69) is 0 Å². The third kappa shape index (κ3) is 3.52. The van der Waals surface area contributed by atoms with Gasteiger partial charge >= 0.3 is 0 Å². The fourth-order valence-corrected chi connectivity index (χ4v) is 1.51. The molecule has 12 heavy (non-hydrogen) atoms. The molecule has 0 aromatic carbocycles. The van der Waals surface area contributed by atoms with E-state index in [9.17, 15) is 0 Å². The molecule has 3 nitrogen and oxygen atoms in total. The molecule has 0 unspecified atom stereocenters. The van der Waals surface area contributed by atoms with E-state index in [1.54, 1.807) is 0 Å². The molecule has 72 valence electrons. The van der Waals surface area contributed by atoms with Crippen LogP contribution < -0.4 is 0 Å². The summed E-state index contributed by atoms with van der Waals surface area (Å²) in [6.07, 6.45) is 3.58. The van der Waals surface area contributed by atoms with Crippen molar-refractivity contribution in [3.05, 3.63) is 0 Å². The standard InChI is InChI=1S/C9H19NO2/c1-10(8-11)5-2-9-3-6-12-7-4-9/h9,11H,2-8H2,1H3. The molecule has 1 N–H and O–H groups in total. The van der Waals surface area contributed by atoms with Crippen molar-refractivity contribution in [3.63, 3.8) is 0 Å². The molecule has 0 atom stereocenters. The van der Waals surface area contributed by atoms with Crippen molar-refractivity contribution < 1.29 is 9.84 Å². The molecule has 0 aliphatic carbocycles. The highest BCUT2D eigenvalue weighted by Crippen LogP contribution is 2.18. The molecule has 3 heteroatoms. The summed E-state index contributed by atoms with van der Waals surface area (Å²) in [6.45, 7) is 3.02. The van der Waals surface area contributed by atoms with Gasteiger partial charge in [-0.1, -0.05) is 0 Å². The molecule has 1 heterocycles. The van der Waals surface area contributed by atoms with Gasteiger partial charge in [0.15, 0.2) is 0 Å². The third-order valence-electron chi connectivity index (χ3n) is 2.50. The average Bonchev–Trinajstić information content (AvgIpc) is 2.16. The molecule has 1 rings (SSSR count). The molecule has 0 spiro atoms. The van der Waals surface area contributed by atoms with E-state index in [0.29, 0.717) is 0 Å². The Hall–Kier alpha value is -0.120. The monoisotopic (exact) mass is 173 g/mol. The average molecular weight is 173 g/mol. The number of hydrogen-bond donors (Lipinski definition) is 1. The highest BCUT2D eigenvalue weighted by atomic mass is 16.5. The first kappa shape index (κ1) is 9.96. The van der Waals surface area contributed by atoms with Crippen LogP contribution in [0.3, 0.4) is 0 Å². The van der Waals surface area contributed by atoms with Crippen LogP contribution >= 0.6 is 0 Å². The molecule has 1 saturated heterocycles. The molecule has 0 amide bonds. The van der Waals surface area contributed by atoms with Gasteiger partial charge in [0.25, 0.3) is 0 Å². The number of hydrogen-bond acceptors (Lipinski definition) is 3. The van der Waals surface area contributed by atoms with Crippen LogP contribution in [0.2, 0.25) is 0 Å². The van der Waals surface area contributed by atoms with E-state index in [1.165, 1.54) is 19.3 Å². The first-order valence-corrected chi connectivity index (χ1v) is 4.70. The third-order valence-corrected chi connectivity index (χ3v) is 2.50. The number of ether oxygens (including phenoxy) is 1. The maximum absolute atomic E-state index is 8.77. The number of aliphatic hydroxyl groups is 1. The molecule has 0 bridgehead atoms. The Morgan fingerprint density at radius 3 is 2.67 bits per heavy atom. The highest BCUT2D eigenvalue weighted by molar-refractivity contribution is 4.64. The number of aliphatic hydroxyl groups excluding tert-OH is 1. The van der Waals surface area contributed by atoms with Crippen LogP contribution in [0.1, 0.15) is 19.3 Å². The lowest BCUT2D eigenvalue weighted by Gasteiger charge is -2.23. The Balaban J connectivity index is 2.05. The Kier molecular flexibility index (Phi) is 4.58. The van der Waals surface area contributed by atoms with E-state index in [-0.39, 0.29) is 6.73 Å². The Morgan fingerprint density at radius 1 is 1.42 bits per heavy atom. The summed E-state index contributed by atoms with van der Waals surface area (Å²) in [5, 5.41) is 8.77. The van der Waals surface area contributed by atoms with E-state index in [1.807, 2.05) is 11.9 Å². The smallest absolute Gasteiger partial charge is 0.0954 e. The van der Waals surface area contributed by atoms with Crippen molar-refractivity contribution in [1.82, 2.24) is 4.90 Å².